The molecule has 0 unspecified atom stereocenters. The minimum absolute atomic E-state index is 0.0387. The lowest BCUT2D eigenvalue weighted by molar-refractivity contribution is -0.121. The van der Waals surface area contributed by atoms with Gasteiger partial charge in [-0.3, -0.25) is 4.79 Å². The number of halogens is 1. The zero-order valence-corrected chi connectivity index (χ0v) is 16.8. The molecule has 3 rings (SSSR count). The lowest BCUT2D eigenvalue weighted by Gasteiger charge is -2.06. The van der Waals surface area contributed by atoms with Gasteiger partial charge in [0.15, 0.2) is 0 Å². The average Bonchev–Trinajstić information content (AvgIpc) is 3.08. The SMILES string of the molecule is COc1ccc(CCC(=O)NCCc2sc(-c3ccc(F)cc3)nc2C)cc1. The fraction of sp³-hybridized carbons (Fsp3) is 0.273. The third-order valence-corrected chi connectivity index (χ3v) is 5.72. The number of thiazole rings is 1. The monoisotopic (exact) mass is 398 g/mol. The van der Waals surface area contributed by atoms with Gasteiger partial charge in [-0.2, -0.15) is 0 Å². The Morgan fingerprint density at radius 1 is 1.11 bits per heavy atom. The largest absolute Gasteiger partial charge is 0.497 e. The lowest BCUT2D eigenvalue weighted by Crippen LogP contribution is -2.25. The number of carbonyl (C=O) groups excluding carboxylic acids is 1. The molecule has 0 bridgehead atoms. The van der Waals surface area contributed by atoms with Gasteiger partial charge in [-0.15, -0.1) is 11.3 Å². The van der Waals surface area contributed by atoms with Crippen LogP contribution in [0.2, 0.25) is 0 Å². The third kappa shape index (κ3) is 5.39. The highest BCUT2D eigenvalue weighted by Crippen LogP contribution is 2.28. The van der Waals surface area contributed by atoms with Crippen molar-refractivity contribution in [3.8, 4) is 16.3 Å². The highest BCUT2D eigenvalue weighted by atomic mass is 32.1. The van der Waals surface area contributed by atoms with Crippen molar-refractivity contribution in [2.24, 2.45) is 0 Å². The van der Waals surface area contributed by atoms with Crippen LogP contribution < -0.4 is 10.1 Å². The highest BCUT2D eigenvalue weighted by Gasteiger charge is 2.10. The summed E-state index contributed by atoms with van der Waals surface area (Å²) in [4.78, 5) is 17.8. The van der Waals surface area contributed by atoms with Gasteiger partial charge in [0.2, 0.25) is 5.91 Å². The van der Waals surface area contributed by atoms with Crippen LogP contribution in [0.1, 0.15) is 22.6 Å². The van der Waals surface area contributed by atoms with E-state index in [0.717, 1.165) is 38.9 Å². The number of aromatic nitrogens is 1. The van der Waals surface area contributed by atoms with E-state index >= 15 is 0 Å². The molecule has 3 aromatic rings. The molecule has 6 heteroatoms. The molecule has 28 heavy (non-hydrogen) atoms. The number of hydrogen-bond donors (Lipinski definition) is 1. The van der Waals surface area contributed by atoms with Crippen LogP contribution in [0.5, 0.6) is 5.75 Å². The van der Waals surface area contributed by atoms with Crippen molar-refractivity contribution in [2.75, 3.05) is 13.7 Å². The number of methoxy groups -OCH3 is 1. The molecule has 4 nitrogen and oxygen atoms in total. The van der Waals surface area contributed by atoms with Crippen molar-refractivity contribution < 1.29 is 13.9 Å². The van der Waals surface area contributed by atoms with Crippen molar-refractivity contribution in [2.45, 2.75) is 26.2 Å². The highest BCUT2D eigenvalue weighted by molar-refractivity contribution is 7.15. The molecular weight excluding hydrogens is 375 g/mol. The molecule has 0 spiro atoms. The Kier molecular flexibility index (Phi) is 6.76. The zero-order valence-electron chi connectivity index (χ0n) is 16.0. The van der Waals surface area contributed by atoms with Crippen molar-refractivity contribution >= 4 is 17.2 Å². The van der Waals surface area contributed by atoms with Crippen molar-refractivity contribution in [3.63, 3.8) is 0 Å². The van der Waals surface area contributed by atoms with Crippen molar-refractivity contribution in [3.05, 3.63) is 70.5 Å². The molecular formula is C22H23FN2O2S. The topological polar surface area (TPSA) is 51.2 Å². The molecule has 0 fully saturated rings. The molecule has 0 radical (unpaired) electrons. The van der Waals surface area contributed by atoms with Crippen LogP contribution in [-0.4, -0.2) is 24.5 Å². The van der Waals surface area contributed by atoms with Crippen LogP contribution in [-0.2, 0) is 17.6 Å². The summed E-state index contributed by atoms with van der Waals surface area (Å²) in [6.45, 7) is 2.54. The van der Waals surface area contributed by atoms with E-state index in [1.165, 1.54) is 12.1 Å². The molecule has 0 aliphatic carbocycles. The van der Waals surface area contributed by atoms with Crippen molar-refractivity contribution in [1.29, 1.82) is 0 Å². The first kappa shape index (κ1) is 20.0. The molecule has 1 N–H and O–H groups in total. The van der Waals surface area contributed by atoms with Gasteiger partial charge in [-0.25, -0.2) is 9.37 Å². The maximum absolute atomic E-state index is 13.1. The van der Waals surface area contributed by atoms with Crippen molar-refractivity contribution in [1.82, 2.24) is 10.3 Å². The van der Waals surface area contributed by atoms with Crippen LogP contribution in [0, 0.1) is 12.7 Å². The summed E-state index contributed by atoms with van der Waals surface area (Å²) >= 11 is 1.59. The zero-order chi connectivity index (χ0) is 19.9. The molecule has 2 aromatic carbocycles. The normalized spacial score (nSPS) is 10.7. The minimum atomic E-state index is -0.255. The van der Waals surface area contributed by atoms with Crippen LogP contribution >= 0.6 is 11.3 Å². The number of nitrogens with one attached hydrogen (secondary N) is 1. The number of nitrogens with zero attached hydrogens (tertiary/aromatic N) is 1. The van der Waals surface area contributed by atoms with Gasteiger partial charge in [0.05, 0.1) is 12.8 Å². The van der Waals surface area contributed by atoms with E-state index in [1.54, 1.807) is 30.6 Å². The van der Waals surface area contributed by atoms with E-state index in [1.807, 2.05) is 31.2 Å². The molecule has 0 saturated heterocycles. The summed E-state index contributed by atoms with van der Waals surface area (Å²) < 4.78 is 18.2. The van der Waals surface area contributed by atoms with Crippen LogP contribution in [0.15, 0.2) is 48.5 Å². The summed E-state index contributed by atoms with van der Waals surface area (Å²) in [5, 5.41) is 3.85. The van der Waals surface area contributed by atoms with Gasteiger partial charge in [0.1, 0.15) is 16.6 Å². The fourth-order valence-electron chi connectivity index (χ4n) is 2.83. The maximum Gasteiger partial charge on any atom is 0.220 e. The van der Waals surface area contributed by atoms with Gasteiger partial charge < -0.3 is 10.1 Å². The predicted molar refractivity (Wildman–Crippen MR) is 110 cm³/mol. The Bertz CT molecular complexity index is 921. The fourth-order valence-corrected chi connectivity index (χ4v) is 3.90. The quantitative estimate of drug-likeness (QED) is 0.605. The molecule has 0 aliphatic heterocycles. The number of benzene rings is 2. The van der Waals surface area contributed by atoms with E-state index < -0.39 is 0 Å². The summed E-state index contributed by atoms with van der Waals surface area (Å²) in [5.41, 5.74) is 2.97. The Morgan fingerprint density at radius 3 is 2.50 bits per heavy atom. The van der Waals surface area contributed by atoms with E-state index in [2.05, 4.69) is 10.3 Å². The first-order chi connectivity index (χ1) is 13.5. The number of hydrogen-bond acceptors (Lipinski definition) is 4. The molecule has 1 aromatic heterocycles. The van der Waals surface area contributed by atoms with Crippen LogP contribution in [0.4, 0.5) is 4.39 Å². The average molecular weight is 399 g/mol. The standard InChI is InChI=1S/C22H23FN2O2S/c1-15-20(28-22(25-15)17-6-8-18(23)9-7-17)13-14-24-21(26)12-5-16-3-10-19(27-2)11-4-16/h3-4,6-11H,5,12-14H2,1-2H3,(H,24,26). The second-order valence-corrected chi connectivity index (χ2v) is 7.57. The van der Waals surface area contributed by atoms with E-state index in [-0.39, 0.29) is 11.7 Å². The Morgan fingerprint density at radius 2 is 1.82 bits per heavy atom. The summed E-state index contributed by atoms with van der Waals surface area (Å²) in [6, 6.07) is 14.1. The molecule has 146 valence electrons. The Balaban J connectivity index is 1.46. The van der Waals surface area contributed by atoms with Gasteiger partial charge in [0, 0.05) is 29.8 Å². The second-order valence-electron chi connectivity index (χ2n) is 6.48. The first-order valence-electron chi connectivity index (χ1n) is 9.17. The first-order valence-corrected chi connectivity index (χ1v) is 9.98. The molecule has 0 saturated carbocycles. The second kappa shape index (κ2) is 9.46. The van der Waals surface area contributed by atoms with Gasteiger partial charge in [-0.05, 0) is 55.3 Å². The molecule has 0 atom stereocenters. The summed E-state index contributed by atoms with van der Waals surface area (Å²) in [7, 11) is 1.63. The maximum atomic E-state index is 13.1. The summed E-state index contributed by atoms with van der Waals surface area (Å²) in [6.07, 6.45) is 1.89. The predicted octanol–water partition coefficient (Wildman–Crippen LogP) is 4.56. The van der Waals surface area contributed by atoms with E-state index in [0.29, 0.717) is 19.4 Å². The number of carbonyl (C=O) groups is 1. The third-order valence-electron chi connectivity index (χ3n) is 4.46. The number of rotatable bonds is 8. The smallest absolute Gasteiger partial charge is 0.220 e. The van der Waals surface area contributed by atoms with Gasteiger partial charge in [0.25, 0.3) is 0 Å². The molecule has 1 amide bonds. The number of ether oxygens (including phenoxy) is 1. The Hall–Kier alpha value is -2.73. The molecule has 1 heterocycles. The van der Waals surface area contributed by atoms with Crippen LogP contribution in [0.3, 0.4) is 0 Å². The lowest BCUT2D eigenvalue weighted by atomic mass is 10.1. The van der Waals surface area contributed by atoms with E-state index in [4.69, 9.17) is 4.74 Å². The number of aryl methyl sites for hydroxylation is 2. The molecule has 0 aliphatic rings. The Labute approximate surface area is 168 Å². The van der Waals surface area contributed by atoms with Crippen LogP contribution in [0.25, 0.3) is 10.6 Å². The minimum Gasteiger partial charge on any atom is -0.497 e. The number of amides is 1. The summed E-state index contributed by atoms with van der Waals surface area (Å²) in [5.74, 6) is 0.597. The van der Waals surface area contributed by atoms with Gasteiger partial charge >= 0.3 is 0 Å². The van der Waals surface area contributed by atoms with E-state index in [9.17, 15) is 9.18 Å². The van der Waals surface area contributed by atoms with Gasteiger partial charge in [-0.1, -0.05) is 12.1 Å².